The molecule has 0 aliphatic rings. The van der Waals surface area contributed by atoms with E-state index in [1.165, 1.54) is 0 Å². The van der Waals surface area contributed by atoms with E-state index in [0.717, 1.165) is 11.3 Å². The zero-order valence-corrected chi connectivity index (χ0v) is 12.4. The summed E-state index contributed by atoms with van der Waals surface area (Å²) < 4.78 is 0. The third-order valence-corrected chi connectivity index (χ3v) is 3.16. The lowest BCUT2D eigenvalue weighted by Gasteiger charge is -2.34. The Bertz CT molecular complexity index is 446. The number of aliphatic carboxylic acids is 1. The van der Waals surface area contributed by atoms with Crippen molar-refractivity contribution in [3.63, 3.8) is 0 Å². The molecule has 4 nitrogen and oxygen atoms in total. The Hall–Kier alpha value is -1.55. The molecule has 2 N–H and O–H groups in total. The maximum absolute atomic E-state index is 11.5. The number of carboxylic acids is 1. The molecule has 0 spiro atoms. The van der Waals surface area contributed by atoms with Crippen molar-refractivity contribution < 1.29 is 9.90 Å². The number of benzene rings is 1. The Morgan fingerprint density at radius 3 is 2.47 bits per heavy atom. The average molecular weight is 264 g/mol. The zero-order valence-electron chi connectivity index (χ0n) is 12.4. The number of nitrogens with one attached hydrogen (secondary N) is 1. The fourth-order valence-electron chi connectivity index (χ4n) is 2.36. The van der Waals surface area contributed by atoms with Crippen LogP contribution in [0.3, 0.4) is 0 Å². The highest BCUT2D eigenvalue weighted by molar-refractivity contribution is 5.79. The van der Waals surface area contributed by atoms with Crippen LogP contribution in [0.4, 0.5) is 5.69 Å². The van der Waals surface area contributed by atoms with Crippen LogP contribution in [-0.4, -0.2) is 36.2 Å². The maximum atomic E-state index is 11.5. The van der Waals surface area contributed by atoms with Gasteiger partial charge in [-0.05, 0) is 39.3 Å². The number of aryl methyl sites for hydroxylation is 1. The minimum absolute atomic E-state index is 0.117. The van der Waals surface area contributed by atoms with E-state index in [2.05, 4.69) is 5.32 Å². The molecule has 0 fully saturated rings. The molecule has 0 saturated heterocycles. The highest BCUT2D eigenvalue weighted by Crippen LogP contribution is 2.20. The van der Waals surface area contributed by atoms with Gasteiger partial charge in [0, 0.05) is 25.3 Å². The zero-order chi connectivity index (χ0) is 14.6. The van der Waals surface area contributed by atoms with Crippen LogP contribution in [0.25, 0.3) is 0 Å². The molecule has 0 heterocycles. The summed E-state index contributed by atoms with van der Waals surface area (Å²) in [6.45, 7) is 8.07. The van der Waals surface area contributed by atoms with Gasteiger partial charge in [-0.3, -0.25) is 10.1 Å². The number of likely N-dealkylation sites (N-methyl/N-ethyl adjacent to an activating group) is 1. The van der Waals surface area contributed by atoms with Gasteiger partial charge in [0.05, 0.1) is 0 Å². The molecule has 19 heavy (non-hydrogen) atoms. The fraction of sp³-hybridized carbons (Fsp3) is 0.533. The molecule has 0 aliphatic carbocycles. The van der Waals surface area contributed by atoms with Gasteiger partial charge in [-0.2, -0.15) is 0 Å². The second kappa shape index (κ2) is 6.06. The van der Waals surface area contributed by atoms with Crippen LogP contribution in [0.1, 0.15) is 26.3 Å². The first-order valence-electron chi connectivity index (χ1n) is 6.54. The number of hydrogen-bond acceptors (Lipinski definition) is 3. The summed E-state index contributed by atoms with van der Waals surface area (Å²) in [6.07, 6.45) is 0. The predicted octanol–water partition coefficient (Wildman–Crippen LogP) is 2.27. The molecule has 4 heteroatoms. The van der Waals surface area contributed by atoms with Crippen molar-refractivity contribution in [1.29, 1.82) is 0 Å². The van der Waals surface area contributed by atoms with Crippen LogP contribution in [0, 0.1) is 6.92 Å². The number of nitrogens with zero attached hydrogens (tertiary/aromatic N) is 1. The third-order valence-electron chi connectivity index (χ3n) is 3.16. The van der Waals surface area contributed by atoms with Crippen molar-refractivity contribution >= 4 is 11.7 Å². The van der Waals surface area contributed by atoms with Gasteiger partial charge in [0.1, 0.15) is 5.54 Å². The number of para-hydroxylation sites is 1. The highest BCUT2D eigenvalue weighted by atomic mass is 16.4. The summed E-state index contributed by atoms with van der Waals surface area (Å²) >= 11 is 0. The Morgan fingerprint density at radius 2 is 2.00 bits per heavy atom. The number of carbonyl (C=O) groups is 1. The highest BCUT2D eigenvalue weighted by Gasteiger charge is 2.35. The summed E-state index contributed by atoms with van der Waals surface area (Å²) in [4.78, 5) is 13.5. The van der Waals surface area contributed by atoms with Gasteiger partial charge in [-0.25, -0.2) is 0 Å². The summed E-state index contributed by atoms with van der Waals surface area (Å²) in [5.74, 6) is -0.832. The van der Waals surface area contributed by atoms with Gasteiger partial charge in [0.15, 0.2) is 0 Å². The lowest BCUT2D eigenvalue weighted by Crippen LogP contribution is -2.58. The van der Waals surface area contributed by atoms with Crippen molar-refractivity contribution in [2.45, 2.75) is 39.3 Å². The first-order chi connectivity index (χ1) is 8.76. The SMILES string of the molecule is Cc1ccccc1N(C)CC(C)(NC(C)C)C(=O)O. The molecule has 0 saturated carbocycles. The van der Waals surface area contributed by atoms with Crippen LogP contribution in [0.2, 0.25) is 0 Å². The van der Waals surface area contributed by atoms with Crippen molar-refractivity contribution in [3.8, 4) is 0 Å². The van der Waals surface area contributed by atoms with Gasteiger partial charge in [-0.15, -0.1) is 0 Å². The molecule has 0 bridgehead atoms. The normalized spacial score (nSPS) is 14.2. The van der Waals surface area contributed by atoms with Crippen LogP contribution in [-0.2, 0) is 4.79 Å². The Labute approximate surface area is 115 Å². The molecule has 106 valence electrons. The van der Waals surface area contributed by atoms with Gasteiger partial charge >= 0.3 is 5.97 Å². The molecule has 1 atom stereocenters. The first kappa shape index (κ1) is 15.5. The fourth-order valence-corrected chi connectivity index (χ4v) is 2.36. The van der Waals surface area contributed by atoms with Gasteiger partial charge < -0.3 is 10.0 Å². The molecule has 0 radical (unpaired) electrons. The van der Waals surface area contributed by atoms with Crippen molar-refractivity contribution in [3.05, 3.63) is 29.8 Å². The lowest BCUT2D eigenvalue weighted by molar-refractivity contribution is -0.144. The Morgan fingerprint density at radius 1 is 1.42 bits per heavy atom. The van der Waals surface area contributed by atoms with Gasteiger partial charge in [0.2, 0.25) is 0 Å². The summed E-state index contributed by atoms with van der Waals surface area (Å²) in [7, 11) is 1.92. The standard InChI is InChI=1S/C15H24N2O2/c1-11(2)16-15(4,14(18)19)10-17(5)13-9-7-6-8-12(13)3/h6-9,11,16H,10H2,1-5H3,(H,18,19). The monoisotopic (exact) mass is 264 g/mol. The number of anilines is 1. The van der Waals surface area contributed by atoms with Gasteiger partial charge in [0.25, 0.3) is 0 Å². The Balaban J connectivity index is 2.91. The number of hydrogen-bond donors (Lipinski definition) is 2. The molecular weight excluding hydrogens is 240 g/mol. The van der Waals surface area contributed by atoms with E-state index in [9.17, 15) is 9.90 Å². The molecule has 1 aromatic rings. The smallest absolute Gasteiger partial charge is 0.325 e. The largest absolute Gasteiger partial charge is 0.480 e. The van der Waals surface area contributed by atoms with Crippen LogP contribution in [0.5, 0.6) is 0 Å². The van der Waals surface area contributed by atoms with Crippen LogP contribution < -0.4 is 10.2 Å². The van der Waals surface area contributed by atoms with E-state index >= 15 is 0 Å². The number of rotatable bonds is 6. The van der Waals surface area contributed by atoms with Crippen molar-refractivity contribution in [2.24, 2.45) is 0 Å². The van der Waals surface area contributed by atoms with E-state index in [-0.39, 0.29) is 6.04 Å². The first-order valence-corrected chi connectivity index (χ1v) is 6.54. The summed E-state index contributed by atoms with van der Waals surface area (Å²) in [5.41, 5.74) is 1.23. The predicted molar refractivity (Wildman–Crippen MR) is 78.8 cm³/mol. The van der Waals surface area contributed by atoms with E-state index in [0.29, 0.717) is 6.54 Å². The van der Waals surface area contributed by atoms with Crippen LogP contribution in [0.15, 0.2) is 24.3 Å². The minimum Gasteiger partial charge on any atom is -0.480 e. The number of carboxylic acid groups (broad SMARTS) is 1. The second-order valence-corrected chi connectivity index (χ2v) is 5.58. The van der Waals surface area contributed by atoms with E-state index in [4.69, 9.17) is 0 Å². The molecule has 1 rings (SSSR count). The van der Waals surface area contributed by atoms with E-state index in [1.54, 1.807) is 6.92 Å². The topological polar surface area (TPSA) is 52.6 Å². The van der Waals surface area contributed by atoms with Gasteiger partial charge in [-0.1, -0.05) is 18.2 Å². The molecule has 0 aromatic heterocycles. The Kier molecular flexibility index (Phi) is 4.95. The van der Waals surface area contributed by atoms with E-state index < -0.39 is 11.5 Å². The summed E-state index contributed by atoms with van der Waals surface area (Å²) in [5, 5.41) is 12.6. The maximum Gasteiger partial charge on any atom is 0.325 e. The molecule has 0 aliphatic heterocycles. The molecular formula is C15H24N2O2. The molecule has 0 amide bonds. The summed E-state index contributed by atoms with van der Waals surface area (Å²) in [6, 6.07) is 8.10. The van der Waals surface area contributed by atoms with E-state index in [1.807, 2.05) is 57.0 Å². The molecule has 1 unspecified atom stereocenters. The quantitative estimate of drug-likeness (QED) is 0.827. The third kappa shape index (κ3) is 3.96. The molecule has 1 aromatic carbocycles. The van der Waals surface area contributed by atoms with Crippen LogP contribution >= 0.6 is 0 Å². The average Bonchev–Trinajstić information content (AvgIpc) is 2.27. The lowest BCUT2D eigenvalue weighted by atomic mass is 10.00. The van der Waals surface area contributed by atoms with Crippen molar-refractivity contribution in [1.82, 2.24) is 5.32 Å². The minimum atomic E-state index is -0.967. The van der Waals surface area contributed by atoms with Crippen molar-refractivity contribution in [2.75, 3.05) is 18.5 Å². The second-order valence-electron chi connectivity index (χ2n) is 5.58.